The van der Waals surface area contributed by atoms with Gasteiger partial charge in [-0.15, -0.1) is 18.3 Å². The molecular weight excluding hydrogens is 605 g/mol. The smallest absolute Gasteiger partial charge is 0.406 e. The van der Waals surface area contributed by atoms with Crippen molar-refractivity contribution in [1.29, 1.82) is 0 Å². The van der Waals surface area contributed by atoms with Crippen molar-refractivity contribution in [2.75, 3.05) is 10.7 Å². The number of ether oxygens (including phenoxy) is 1. The number of aliphatic imine (C=N–C) groups is 1. The Kier molecular flexibility index (Phi) is 8.12. The van der Waals surface area contributed by atoms with Gasteiger partial charge in [0.15, 0.2) is 11.0 Å². The maximum Gasteiger partial charge on any atom is 0.573 e. The van der Waals surface area contributed by atoms with Gasteiger partial charge in [0.25, 0.3) is 0 Å². The highest BCUT2D eigenvalue weighted by molar-refractivity contribution is 8.15. The maximum absolute atomic E-state index is 12.9. The number of carbonyl (C=O) groups excluding carboxylic acids is 2. The van der Waals surface area contributed by atoms with E-state index in [1.807, 2.05) is 49.4 Å². The molecule has 1 aromatic heterocycles. The third-order valence-corrected chi connectivity index (χ3v) is 8.53. The zero-order chi connectivity index (χ0) is 31.9. The molecule has 2 aliphatic rings. The van der Waals surface area contributed by atoms with Crippen LogP contribution in [0.2, 0.25) is 0 Å². The predicted molar refractivity (Wildman–Crippen MR) is 166 cm³/mol. The van der Waals surface area contributed by atoms with Crippen LogP contribution in [0, 0.1) is 6.92 Å². The number of nitrogens with one attached hydrogen (secondary N) is 1. The first-order valence-corrected chi connectivity index (χ1v) is 15.3. The second-order valence-corrected chi connectivity index (χ2v) is 12.1. The number of halogens is 3. The highest BCUT2D eigenvalue weighted by Crippen LogP contribution is 2.41. The molecule has 1 N–H and O–H groups in total. The maximum atomic E-state index is 12.9. The third-order valence-electron chi connectivity index (χ3n) is 7.61. The van der Waals surface area contributed by atoms with Crippen molar-refractivity contribution in [3.05, 3.63) is 89.7 Å². The lowest BCUT2D eigenvalue weighted by atomic mass is 9.95. The molecule has 3 amide bonds. The van der Waals surface area contributed by atoms with E-state index < -0.39 is 12.4 Å². The van der Waals surface area contributed by atoms with Crippen molar-refractivity contribution in [1.82, 2.24) is 20.1 Å². The van der Waals surface area contributed by atoms with Crippen LogP contribution >= 0.6 is 11.8 Å². The summed E-state index contributed by atoms with van der Waals surface area (Å²) in [4.78, 5) is 35.9. The fraction of sp³-hybridized carbons (Fsp3) is 0.281. The van der Waals surface area contributed by atoms with Crippen LogP contribution < -0.4 is 15.0 Å². The number of urea groups is 1. The number of rotatable bonds is 7. The van der Waals surface area contributed by atoms with Crippen molar-refractivity contribution in [2.45, 2.75) is 51.4 Å². The quantitative estimate of drug-likeness (QED) is 0.236. The van der Waals surface area contributed by atoms with Crippen LogP contribution in [0.3, 0.4) is 0 Å². The van der Waals surface area contributed by atoms with Crippen LogP contribution in [0.15, 0.2) is 78.0 Å². The van der Waals surface area contributed by atoms with E-state index in [0.717, 1.165) is 34.4 Å². The monoisotopic (exact) mass is 634 g/mol. The van der Waals surface area contributed by atoms with E-state index in [4.69, 9.17) is 0 Å². The summed E-state index contributed by atoms with van der Waals surface area (Å²) in [5, 5.41) is 7.79. The van der Waals surface area contributed by atoms with Crippen LogP contribution in [0.1, 0.15) is 48.8 Å². The lowest BCUT2D eigenvalue weighted by Crippen LogP contribution is -2.33. The molecule has 3 aromatic carbocycles. The Morgan fingerprint density at radius 2 is 1.82 bits per heavy atom. The van der Waals surface area contributed by atoms with Gasteiger partial charge >= 0.3 is 12.4 Å². The van der Waals surface area contributed by atoms with E-state index in [0.29, 0.717) is 16.7 Å². The molecule has 1 aliphatic carbocycles. The van der Waals surface area contributed by atoms with Crippen molar-refractivity contribution in [3.63, 3.8) is 0 Å². The number of thioether (sulfide) groups is 1. The number of hydrogen-bond acceptors (Lipinski definition) is 6. The Hall–Kier alpha value is -4.65. The Labute approximate surface area is 261 Å². The first-order valence-electron chi connectivity index (χ1n) is 14.3. The third kappa shape index (κ3) is 6.72. The molecule has 2 unspecified atom stereocenters. The molecule has 4 aromatic rings. The van der Waals surface area contributed by atoms with Gasteiger partial charge in [-0.3, -0.25) is 9.69 Å². The molecule has 1 saturated heterocycles. The molecule has 13 heteroatoms. The van der Waals surface area contributed by atoms with Gasteiger partial charge in [0, 0.05) is 17.5 Å². The molecular formula is C32H29F3N6O3S. The van der Waals surface area contributed by atoms with Crippen LogP contribution in [-0.2, 0) is 4.79 Å². The van der Waals surface area contributed by atoms with Crippen molar-refractivity contribution in [2.24, 2.45) is 4.99 Å². The van der Waals surface area contributed by atoms with E-state index in [-0.39, 0.29) is 35.3 Å². The highest BCUT2D eigenvalue weighted by Gasteiger charge is 2.40. The number of amides is 3. The van der Waals surface area contributed by atoms with Crippen molar-refractivity contribution in [3.8, 4) is 22.8 Å². The number of carbonyl (C=O) groups is 2. The largest absolute Gasteiger partial charge is 0.573 e. The Bertz CT molecular complexity index is 1770. The van der Waals surface area contributed by atoms with E-state index in [9.17, 15) is 22.8 Å². The van der Waals surface area contributed by atoms with Crippen LogP contribution in [-0.4, -0.2) is 50.0 Å². The standard InChI is InChI=1S/C32H29F3N6O3S/c1-18(2)28-19(3)5-4-6-26(28)41-27(42)16-45-31(41)38-30(43)37-25-15-24(25)20-7-9-21(10-8-20)29-36-17-40(39-29)22-11-13-23(14-12-22)44-32(33,34)35/h4-14,17-18,24-25H,15-16H2,1-3H3,(H,37,43)/b38-31-. The van der Waals surface area contributed by atoms with Crippen molar-refractivity contribution < 1.29 is 27.5 Å². The number of hydrogen-bond donors (Lipinski definition) is 1. The zero-order valence-electron chi connectivity index (χ0n) is 24.6. The summed E-state index contributed by atoms with van der Waals surface area (Å²) in [6.45, 7) is 6.17. The average Bonchev–Trinajstić information content (AvgIpc) is 3.38. The van der Waals surface area contributed by atoms with E-state index in [1.165, 1.54) is 47.0 Å². The first-order chi connectivity index (χ1) is 21.5. The minimum atomic E-state index is -4.76. The minimum absolute atomic E-state index is 0.0740. The molecule has 1 aliphatic heterocycles. The molecule has 6 rings (SSSR count). The van der Waals surface area contributed by atoms with Gasteiger partial charge in [0.05, 0.1) is 17.1 Å². The molecule has 2 atom stereocenters. The number of nitrogens with zero attached hydrogens (tertiary/aromatic N) is 5. The van der Waals surface area contributed by atoms with Gasteiger partial charge < -0.3 is 10.1 Å². The lowest BCUT2D eigenvalue weighted by Gasteiger charge is -2.23. The highest BCUT2D eigenvalue weighted by atomic mass is 32.2. The molecule has 1 saturated carbocycles. The Morgan fingerprint density at radius 1 is 1.09 bits per heavy atom. The normalized spacial score (nSPS) is 19.0. The van der Waals surface area contributed by atoms with Crippen LogP contribution in [0.4, 0.5) is 23.7 Å². The summed E-state index contributed by atoms with van der Waals surface area (Å²) in [5.74, 6) is 0.590. The van der Waals surface area contributed by atoms with Gasteiger partial charge in [0.2, 0.25) is 5.91 Å². The number of alkyl halides is 3. The zero-order valence-corrected chi connectivity index (χ0v) is 25.4. The first kappa shape index (κ1) is 30.4. The summed E-state index contributed by atoms with van der Waals surface area (Å²) in [6, 6.07) is 18.3. The fourth-order valence-electron chi connectivity index (χ4n) is 5.49. The molecule has 232 valence electrons. The SMILES string of the molecule is Cc1cccc(N2C(=O)CS/C2=N\C(=O)NC2CC2c2ccc(-c3ncn(-c4ccc(OC(F)(F)F)cc4)n3)cc2)c1C(C)C. The van der Waals surface area contributed by atoms with Gasteiger partial charge in [-0.25, -0.2) is 14.5 Å². The summed E-state index contributed by atoms with van der Waals surface area (Å²) in [5.41, 5.74) is 5.25. The van der Waals surface area contributed by atoms with Crippen molar-refractivity contribution >= 4 is 34.6 Å². The second kappa shape index (κ2) is 12.0. The number of benzene rings is 3. The number of amidine groups is 1. The van der Waals surface area contributed by atoms with Gasteiger partial charge in [-0.05, 0) is 66.3 Å². The van der Waals surface area contributed by atoms with Crippen LogP contribution in [0.25, 0.3) is 17.1 Å². The number of anilines is 1. The molecule has 0 radical (unpaired) electrons. The Morgan fingerprint density at radius 3 is 2.51 bits per heavy atom. The molecule has 0 bridgehead atoms. The fourth-order valence-corrected chi connectivity index (χ4v) is 6.35. The van der Waals surface area contributed by atoms with Gasteiger partial charge in [-0.1, -0.05) is 62.0 Å². The second-order valence-electron chi connectivity index (χ2n) is 11.1. The molecule has 9 nitrogen and oxygen atoms in total. The average molecular weight is 635 g/mol. The van der Waals surface area contributed by atoms with E-state index >= 15 is 0 Å². The summed E-state index contributed by atoms with van der Waals surface area (Å²) in [6.07, 6.45) is -2.51. The summed E-state index contributed by atoms with van der Waals surface area (Å²) >= 11 is 1.26. The summed E-state index contributed by atoms with van der Waals surface area (Å²) < 4.78 is 42.6. The molecule has 2 heterocycles. The van der Waals surface area contributed by atoms with Gasteiger partial charge in [0.1, 0.15) is 12.1 Å². The molecule has 2 fully saturated rings. The molecule has 0 spiro atoms. The summed E-state index contributed by atoms with van der Waals surface area (Å²) in [7, 11) is 0. The minimum Gasteiger partial charge on any atom is -0.406 e. The predicted octanol–water partition coefficient (Wildman–Crippen LogP) is 6.97. The topological polar surface area (TPSA) is 102 Å². The lowest BCUT2D eigenvalue weighted by molar-refractivity contribution is -0.274. The van der Waals surface area contributed by atoms with E-state index in [1.54, 1.807) is 4.90 Å². The van der Waals surface area contributed by atoms with E-state index in [2.05, 4.69) is 39.0 Å². The number of aromatic nitrogens is 3. The number of aryl methyl sites for hydroxylation is 1. The molecule has 45 heavy (non-hydrogen) atoms. The Balaban J connectivity index is 1.08. The van der Waals surface area contributed by atoms with Gasteiger partial charge in [-0.2, -0.15) is 4.99 Å². The van der Waals surface area contributed by atoms with Crippen LogP contribution in [0.5, 0.6) is 5.75 Å².